The van der Waals surface area contributed by atoms with E-state index in [2.05, 4.69) is 20.4 Å². The lowest BCUT2D eigenvalue weighted by Gasteiger charge is -2.10. The SMILES string of the molecule is O=C(CCNCc1ccc(OCC(F)(F)F)cc1)NCc1cccnc1. The number of hydrogen-bond acceptors (Lipinski definition) is 4. The average Bonchev–Trinajstić information content (AvgIpc) is 2.63. The predicted octanol–water partition coefficient (Wildman–Crippen LogP) is 2.82. The summed E-state index contributed by atoms with van der Waals surface area (Å²) >= 11 is 0. The first-order chi connectivity index (χ1) is 12.4. The number of hydrogen-bond donors (Lipinski definition) is 2. The Balaban J connectivity index is 1.61. The molecule has 0 unspecified atom stereocenters. The molecule has 0 radical (unpaired) electrons. The van der Waals surface area contributed by atoms with Crippen molar-refractivity contribution >= 4 is 5.91 Å². The first kappa shape index (κ1) is 19.7. The molecule has 1 heterocycles. The third kappa shape index (κ3) is 7.98. The summed E-state index contributed by atoms with van der Waals surface area (Å²) < 4.78 is 40.9. The number of pyridine rings is 1. The van der Waals surface area contributed by atoms with Crippen molar-refractivity contribution in [3.8, 4) is 5.75 Å². The number of amides is 1. The Morgan fingerprint density at radius 2 is 1.85 bits per heavy atom. The van der Waals surface area contributed by atoms with Gasteiger partial charge in [0.15, 0.2) is 6.61 Å². The Bertz CT molecular complexity index is 676. The molecular weight excluding hydrogens is 347 g/mol. The van der Waals surface area contributed by atoms with Crippen LogP contribution >= 0.6 is 0 Å². The molecule has 2 aromatic rings. The van der Waals surface area contributed by atoms with E-state index in [1.807, 2.05) is 12.1 Å². The van der Waals surface area contributed by atoms with Gasteiger partial charge in [-0.2, -0.15) is 13.2 Å². The molecule has 1 aromatic heterocycles. The number of carbonyl (C=O) groups excluding carboxylic acids is 1. The van der Waals surface area contributed by atoms with Gasteiger partial charge in [0.25, 0.3) is 0 Å². The van der Waals surface area contributed by atoms with Crippen LogP contribution in [0.15, 0.2) is 48.8 Å². The van der Waals surface area contributed by atoms with Gasteiger partial charge < -0.3 is 15.4 Å². The average molecular weight is 367 g/mol. The van der Waals surface area contributed by atoms with E-state index in [1.165, 1.54) is 12.1 Å². The molecule has 140 valence electrons. The Hall–Kier alpha value is -2.61. The standard InChI is InChI=1S/C18H20F3N3O2/c19-18(20,21)13-26-16-5-3-14(4-6-16)10-23-9-7-17(25)24-12-15-2-1-8-22-11-15/h1-6,8,11,23H,7,9-10,12-13H2,(H,24,25). The molecule has 26 heavy (non-hydrogen) atoms. The third-order valence-corrected chi connectivity index (χ3v) is 3.40. The van der Waals surface area contributed by atoms with E-state index in [9.17, 15) is 18.0 Å². The van der Waals surface area contributed by atoms with Crippen LogP contribution in [0.3, 0.4) is 0 Å². The fourth-order valence-corrected chi connectivity index (χ4v) is 2.10. The number of carbonyl (C=O) groups is 1. The smallest absolute Gasteiger partial charge is 0.422 e. The lowest BCUT2D eigenvalue weighted by molar-refractivity contribution is -0.153. The van der Waals surface area contributed by atoms with Crippen molar-refractivity contribution in [1.29, 1.82) is 0 Å². The zero-order valence-corrected chi connectivity index (χ0v) is 14.1. The minimum Gasteiger partial charge on any atom is -0.484 e. The van der Waals surface area contributed by atoms with Gasteiger partial charge in [0.1, 0.15) is 5.75 Å². The summed E-state index contributed by atoms with van der Waals surface area (Å²) in [7, 11) is 0. The van der Waals surface area contributed by atoms with Gasteiger partial charge >= 0.3 is 6.18 Å². The number of nitrogens with one attached hydrogen (secondary N) is 2. The molecule has 5 nitrogen and oxygen atoms in total. The van der Waals surface area contributed by atoms with Crippen LogP contribution in [0.2, 0.25) is 0 Å². The molecular formula is C18H20F3N3O2. The summed E-state index contributed by atoms with van der Waals surface area (Å²) in [5.74, 6) is 0.0955. The molecule has 0 aliphatic rings. The molecule has 0 atom stereocenters. The third-order valence-electron chi connectivity index (χ3n) is 3.40. The zero-order valence-electron chi connectivity index (χ0n) is 14.1. The molecule has 0 saturated heterocycles. The van der Waals surface area contributed by atoms with Gasteiger partial charge in [-0.15, -0.1) is 0 Å². The van der Waals surface area contributed by atoms with E-state index in [1.54, 1.807) is 24.5 Å². The normalized spacial score (nSPS) is 11.2. The van der Waals surface area contributed by atoms with E-state index in [0.29, 0.717) is 26.1 Å². The maximum Gasteiger partial charge on any atom is 0.422 e. The fourth-order valence-electron chi connectivity index (χ4n) is 2.10. The van der Waals surface area contributed by atoms with E-state index in [4.69, 9.17) is 0 Å². The van der Waals surface area contributed by atoms with Gasteiger partial charge in [-0.05, 0) is 29.3 Å². The number of ether oxygens (including phenoxy) is 1. The van der Waals surface area contributed by atoms with Crippen LogP contribution < -0.4 is 15.4 Å². The van der Waals surface area contributed by atoms with Crippen LogP contribution in [-0.4, -0.2) is 30.2 Å². The van der Waals surface area contributed by atoms with Gasteiger partial charge in [-0.3, -0.25) is 9.78 Å². The zero-order chi connectivity index (χ0) is 18.8. The summed E-state index contributed by atoms with van der Waals surface area (Å²) in [6, 6.07) is 10.0. The monoisotopic (exact) mass is 367 g/mol. The van der Waals surface area contributed by atoms with Crippen molar-refractivity contribution in [1.82, 2.24) is 15.6 Å². The summed E-state index contributed by atoms with van der Waals surface area (Å²) in [6.07, 6.45) is -0.657. The minimum absolute atomic E-state index is 0.0720. The number of aromatic nitrogens is 1. The van der Waals surface area contributed by atoms with E-state index >= 15 is 0 Å². The molecule has 2 N–H and O–H groups in total. The first-order valence-corrected chi connectivity index (χ1v) is 8.07. The van der Waals surface area contributed by atoms with Crippen molar-refractivity contribution in [3.05, 3.63) is 59.9 Å². The van der Waals surface area contributed by atoms with E-state index in [0.717, 1.165) is 11.1 Å². The summed E-state index contributed by atoms with van der Waals surface area (Å²) in [5, 5.41) is 5.92. The van der Waals surface area contributed by atoms with Gasteiger partial charge in [0.05, 0.1) is 0 Å². The quantitative estimate of drug-likeness (QED) is 0.669. The summed E-state index contributed by atoms with van der Waals surface area (Å²) in [6.45, 7) is 0.130. The number of nitrogens with zero attached hydrogens (tertiary/aromatic N) is 1. The molecule has 2 rings (SSSR count). The molecule has 0 spiro atoms. The topological polar surface area (TPSA) is 63.2 Å². The van der Waals surface area contributed by atoms with Crippen LogP contribution in [0, 0.1) is 0 Å². The second-order valence-electron chi connectivity index (χ2n) is 5.61. The lowest BCUT2D eigenvalue weighted by Crippen LogP contribution is -2.27. The number of benzene rings is 1. The molecule has 8 heteroatoms. The highest BCUT2D eigenvalue weighted by Crippen LogP contribution is 2.18. The number of rotatable bonds is 9. The minimum atomic E-state index is -4.35. The van der Waals surface area contributed by atoms with Crippen molar-refractivity contribution < 1.29 is 22.7 Å². The number of halogens is 3. The highest BCUT2D eigenvalue weighted by Gasteiger charge is 2.28. The molecule has 0 saturated carbocycles. The van der Waals surface area contributed by atoms with Crippen LogP contribution in [0.4, 0.5) is 13.2 Å². The maximum absolute atomic E-state index is 12.1. The highest BCUT2D eigenvalue weighted by molar-refractivity contribution is 5.76. The number of alkyl halides is 3. The lowest BCUT2D eigenvalue weighted by atomic mass is 10.2. The summed E-state index contributed by atoms with van der Waals surface area (Å²) in [4.78, 5) is 15.7. The van der Waals surface area contributed by atoms with Gasteiger partial charge in [-0.1, -0.05) is 18.2 Å². The summed E-state index contributed by atoms with van der Waals surface area (Å²) in [5.41, 5.74) is 1.82. The van der Waals surface area contributed by atoms with Gasteiger partial charge in [0.2, 0.25) is 5.91 Å². The molecule has 1 aromatic carbocycles. The Morgan fingerprint density at radius 1 is 1.08 bits per heavy atom. The molecule has 0 aliphatic carbocycles. The predicted molar refractivity (Wildman–Crippen MR) is 90.4 cm³/mol. The van der Waals surface area contributed by atoms with Crippen molar-refractivity contribution in [2.24, 2.45) is 0 Å². The second-order valence-corrected chi connectivity index (χ2v) is 5.61. The molecule has 0 fully saturated rings. The van der Waals surface area contributed by atoms with Crippen LogP contribution in [-0.2, 0) is 17.9 Å². The van der Waals surface area contributed by atoms with Gasteiger partial charge in [0, 0.05) is 38.4 Å². The Kier molecular flexibility index (Phi) is 7.40. The Labute approximate surface area is 149 Å². The van der Waals surface area contributed by atoms with Gasteiger partial charge in [-0.25, -0.2) is 0 Å². The van der Waals surface area contributed by atoms with E-state index < -0.39 is 12.8 Å². The van der Waals surface area contributed by atoms with Crippen LogP contribution in [0.25, 0.3) is 0 Å². The highest BCUT2D eigenvalue weighted by atomic mass is 19.4. The molecule has 0 bridgehead atoms. The molecule has 0 aliphatic heterocycles. The Morgan fingerprint density at radius 3 is 2.50 bits per heavy atom. The first-order valence-electron chi connectivity index (χ1n) is 8.07. The van der Waals surface area contributed by atoms with E-state index in [-0.39, 0.29) is 11.7 Å². The van der Waals surface area contributed by atoms with Crippen LogP contribution in [0.5, 0.6) is 5.75 Å². The van der Waals surface area contributed by atoms with Crippen molar-refractivity contribution in [2.45, 2.75) is 25.7 Å². The van der Waals surface area contributed by atoms with Crippen molar-refractivity contribution in [3.63, 3.8) is 0 Å². The van der Waals surface area contributed by atoms with Crippen molar-refractivity contribution in [2.75, 3.05) is 13.2 Å². The maximum atomic E-state index is 12.1. The molecule has 1 amide bonds. The second kappa shape index (κ2) is 9.76. The van der Waals surface area contributed by atoms with Crippen LogP contribution in [0.1, 0.15) is 17.5 Å². The largest absolute Gasteiger partial charge is 0.484 e. The fraction of sp³-hybridized carbons (Fsp3) is 0.333.